The Morgan fingerprint density at radius 3 is 2.25 bits per heavy atom. The molecule has 0 saturated carbocycles. The first-order valence-corrected chi connectivity index (χ1v) is 6.41. The SMILES string of the molecule is Cl.Cl.FC(F)(F)[C@@H](c1ccc(Br)cn1)N1CCNCC1. The standard InChI is InChI=1S/C11H13BrF3N3.2ClH/c12-8-1-2-9(17-7-8)10(11(13,14)15)18-5-3-16-4-6-18;;/h1-2,7,10,16H,3-6H2;2*1H/t10-;;/m1../s1. The van der Waals surface area contributed by atoms with Gasteiger partial charge in [0.2, 0.25) is 0 Å². The van der Waals surface area contributed by atoms with Crippen LogP contribution in [0.15, 0.2) is 22.8 Å². The van der Waals surface area contributed by atoms with Crippen molar-refractivity contribution in [2.24, 2.45) is 0 Å². The first-order chi connectivity index (χ1) is 8.48. The number of pyridine rings is 1. The molecule has 9 heteroatoms. The number of alkyl halides is 3. The summed E-state index contributed by atoms with van der Waals surface area (Å²) in [5.74, 6) is 0. The predicted molar refractivity (Wildman–Crippen MR) is 79.7 cm³/mol. The third-order valence-electron chi connectivity index (χ3n) is 2.86. The Kier molecular flexibility index (Phi) is 8.35. The minimum Gasteiger partial charge on any atom is -0.314 e. The summed E-state index contributed by atoms with van der Waals surface area (Å²) >= 11 is 3.17. The van der Waals surface area contributed by atoms with Gasteiger partial charge in [0.05, 0.1) is 5.69 Å². The average Bonchev–Trinajstić information content (AvgIpc) is 2.32. The topological polar surface area (TPSA) is 28.2 Å². The van der Waals surface area contributed by atoms with E-state index in [-0.39, 0.29) is 30.5 Å². The minimum atomic E-state index is -4.31. The van der Waals surface area contributed by atoms with Gasteiger partial charge in [-0.1, -0.05) is 0 Å². The van der Waals surface area contributed by atoms with Crippen LogP contribution in [0.3, 0.4) is 0 Å². The van der Waals surface area contributed by atoms with Crippen molar-refractivity contribution in [3.63, 3.8) is 0 Å². The fraction of sp³-hybridized carbons (Fsp3) is 0.545. The molecule has 0 amide bonds. The molecule has 1 aromatic rings. The lowest BCUT2D eigenvalue weighted by Gasteiger charge is -2.35. The molecule has 0 bridgehead atoms. The molecule has 0 aliphatic carbocycles. The Hall–Kier alpha value is -0.0800. The minimum absolute atomic E-state index is 0. The van der Waals surface area contributed by atoms with Crippen molar-refractivity contribution in [2.75, 3.05) is 26.2 Å². The maximum absolute atomic E-state index is 13.2. The second kappa shape index (κ2) is 8.38. The highest BCUT2D eigenvalue weighted by molar-refractivity contribution is 9.10. The van der Waals surface area contributed by atoms with E-state index in [1.165, 1.54) is 17.2 Å². The van der Waals surface area contributed by atoms with Crippen LogP contribution in [0.4, 0.5) is 13.2 Å². The van der Waals surface area contributed by atoms with Crippen LogP contribution < -0.4 is 5.32 Å². The molecule has 1 atom stereocenters. The number of hydrogen-bond donors (Lipinski definition) is 1. The van der Waals surface area contributed by atoms with Gasteiger partial charge >= 0.3 is 6.18 Å². The largest absolute Gasteiger partial charge is 0.409 e. The van der Waals surface area contributed by atoms with E-state index in [2.05, 4.69) is 26.2 Å². The molecular weight excluding hydrogens is 382 g/mol. The fourth-order valence-electron chi connectivity index (χ4n) is 2.05. The molecule has 2 heterocycles. The fourth-order valence-corrected chi connectivity index (χ4v) is 2.29. The molecule has 0 spiro atoms. The first-order valence-electron chi connectivity index (χ1n) is 5.61. The van der Waals surface area contributed by atoms with E-state index in [1.807, 2.05) is 0 Å². The van der Waals surface area contributed by atoms with E-state index in [0.29, 0.717) is 30.7 Å². The second-order valence-electron chi connectivity index (χ2n) is 4.13. The van der Waals surface area contributed by atoms with E-state index < -0.39 is 12.2 Å². The molecule has 2 rings (SSSR count). The van der Waals surface area contributed by atoms with E-state index in [9.17, 15) is 13.2 Å². The van der Waals surface area contributed by atoms with Crippen molar-refractivity contribution in [2.45, 2.75) is 12.2 Å². The van der Waals surface area contributed by atoms with Crippen LogP contribution >= 0.6 is 40.7 Å². The monoisotopic (exact) mass is 395 g/mol. The Bertz CT molecular complexity index is 397. The number of hydrogen-bond acceptors (Lipinski definition) is 3. The molecule has 1 aromatic heterocycles. The normalized spacial score (nSPS) is 17.8. The predicted octanol–water partition coefficient (Wildman–Crippen LogP) is 3.20. The Morgan fingerprint density at radius 2 is 1.80 bits per heavy atom. The molecule has 1 N–H and O–H groups in total. The highest BCUT2D eigenvalue weighted by Crippen LogP contribution is 2.37. The molecule has 0 unspecified atom stereocenters. The maximum atomic E-state index is 13.2. The summed E-state index contributed by atoms with van der Waals surface area (Å²) in [5, 5.41) is 3.04. The lowest BCUT2D eigenvalue weighted by molar-refractivity contribution is -0.188. The van der Waals surface area contributed by atoms with Gasteiger partial charge in [-0.3, -0.25) is 9.88 Å². The maximum Gasteiger partial charge on any atom is 0.409 e. The van der Waals surface area contributed by atoms with Crippen LogP contribution in [0.1, 0.15) is 11.7 Å². The molecule has 0 radical (unpaired) electrons. The van der Waals surface area contributed by atoms with Crippen LogP contribution in [0, 0.1) is 0 Å². The van der Waals surface area contributed by atoms with E-state index in [4.69, 9.17) is 0 Å². The summed E-state index contributed by atoms with van der Waals surface area (Å²) < 4.78 is 40.2. The van der Waals surface area contributed by atoms with Gasteiger partial charge in [0.15, 0.2) is 0 Å². The third kappa shape index (κ3) is 5.04. The van der Waals surface area contributed by atoms with Crippen molar-refractivity contribution < 1.29 is 13.2 Å². The van der Waals surface area contributed by atoms with Gasteiger partial charge in [-0.2, -0.15) is 13.2 Å². The highest BCUT2D eigenvalue weighted by atomic mass is 79.9. The second-order valence-corrected chi connectivity index (χ2v) is 5.05. The lowest BCUT2D eigenvalue weighted by atomic mass is 10.1. The summed E-state index contributed by atoms with van der Waals surface area (Å²) in [4.78, 5) is 5.31. The summed E-state index contributed by atoms with van der Waals surface area (Å²) in [6, 6.07) is 1.39. The molecule has 20 heavy (non-hydrogen) atoms. The number of rotatable bonds is 2. The van der Waals surface area contributed by atoms with Gasteiger partial charge in [0.25, 0.3) is 0 Å². The van der Waals surface area contributed by atoms with Crippen LogP contribution in [0.5, 0.6) is 0 Å². The van der Waals surface area contributed by atoms with Crippen molar-refractivity contribution >= 4 is 40.7 Å². The first kappa shape index (κ1) is 19.9. The Labute approximate surface area is 136 Å². The number of nitrogens with one attached hydrogen (secondary N) is 1. The zero-order valence-electron chi connectivity index (χ0n) is 10.4. The summed E-state index contributed by atoms with van der Waals surface area (Å²) in [7, 11) is 0. The Morgan fingerprint density at radius 1 is 1.20 bits per heavy atom. The Balaban J connectivity index is 0.00000180. The van der Waals surface area contributed by atoms with E-state index in [0.717, 1.165) is 0 Å². The van der Waals surface area contributed by atoms with Gasteiger partial charge in [0.1, 0.15) is 6.04 Å². The van der Waals surface area contributed by atoms with Crippen molar-refractivity contribution in [1.82, 2.24) is 15.2 Å². The van der Waals surface area contributed by atoms with E-state index in [1.54, 1.807) is 6.07 Å². The summed E-state index contributed by atoms with van der Waals surface area (Å²) in [5.41, 5.74) is 0.0487. The van der Waals surface area contributed by atoms with Crippen molar-refractivity contribution in [3.05, 3.63) is 28.5 Å². The quantitative estimate of drug-likeness (QED) is 0.831. The number of piperazine rings is 1. The van der Waals surface area contributed by atoms with Gasteiger partial charge in [0, 0.05) is 36.8 Å². The van der Waals surface area contributed by atoms with Crippen molar-refractivity contribution in [3.8, 4) is 0 Å². The van der Waals surface area contributed by atoms with E-state index >= 15 is 0 Å². The molecular formula is C11H15BrCl2F3N3. The number of aromatic nitrogens is 1. The number of nitrogens with zero attached hydrogens (tertiary/aromatic N) is 2. The highest BCUT2D eigenvalue weighted by Gasteiger charge is 2.45. The molecule has 1 fully saturated rings. The van der Waals surface area contributed by atoms with Gasteiger partial charge < -0.3 is 5.32 Å². The van der Waals surface area contributed by atoms with Gasteiger partial charge in [-0.15, -0.1) is 24.8 Å². The van der Waals surface area contributed by atoms with Crippen LogP contribution in [0.2, 0.25) is 0 Å². The van der Waals surface area contributed by atoms with Crippen molar-refractivity contribution in [1.29, 1.82) is 0 Å². The molecule has 116 valence electrons. The van der Waals surface area contributed by atoms with Crippen LogP contribution in [0.25, 0.3) is 0 Å². The summed E-state index contributed by atoms with van der Waals surface area (Å²) in [6.07, 6.45) is -2.91. The number of halogens is 6. The summed E-state index contributed by atoms with van der Waals surface area (Å²) in [6.45, 7) is 1.90. The zero-order chi connectivity index (χ0) is 13.2. The third-order valence-corrected chi connectivity index (χ3v) is 3.33. The smallest absolute Gasteiger partial charge is 0.314 e. The van der Waals surface area contributed by atoms with Gasteiger partial charge in [-0.05, 0) is 28.1 Å². The molecule has 0 aromatic carbocycles. The molecule has 1 aliphatic rings. The molecule has 1 saturated heterocycles. The lowest BCUT2D eigenvalue weighted by Crippen LogP contribution is -2.49. The zero-order valence-corrected chi connectivity index (χ0v) is 13.6. The van der Waals surface area contributed by atoms with Crippen LogP contribution in [-0.2, 0) is 0 Å². The van der Waals surface area contributed by atoms with Gasteiger partial charge in [-0.25, -0.2) is 0 Å². The molecule has 1 aliphatic heterocycles. The van der Waals surface area contributed by atoms with Crippen LogP contribution in [-0.4, -0.2) is 42.2 Å². The molecule has 3 nitrogen and oxygen atoms in total. The average molecular weight is 397 g/mol.